The predicted molar refractivity (Wildman–Crippen MR) is 161 cm³/mol. The molecule has 0 radical (unpaired) electrons. The Morgan fingerprint density at radius 2 is 0.841 bits per heavy atom. The lowest BCUT2D eigenvalue weighted by molar-refractivity contribution is -0.205. The van der Waals surface area contributed by atoms with E-state index in [1.807, 2.05) is 0 Å². The summed E-state index contributed by atoms with van der Waals surface area (Å²) in [7, 11) is 0. The summed E-state index contributed by atoms with van der Waals surface area (Å²) in [6, 6.07) is 32.9. The summed E-state index contributed by atoms with van der Waals surface area (Å²) in [5.41, 5.74) is 0.994. The first kappa shape index (κ1) is 30.7. The van der Waals surface area contributed by atoms with Crippen LogP contribution in [0.2, 0.25) is 0 Å². The first-order chi connectivity index (χ1) is 21.4. The Balaban J connectivity index is 1.48. The third-order valence-corrected chi connectivity index (χ3v) is 7.46. The van der Waals surface area contributed by atoms with Gasteiger partial charge in [-0.1, -0.05) is 88.7 Å². The molecule has 4 aromatic rings. The maximum absolute atomic E-state index is 13.3. The van der Waals surface area contributed by atoms with Crippen molar-refractivity contribution < 1.29 is 42.9 Å². The van der Waals surface area contributed by atoms with E-state index in [4.69, 9.17) is 23.7 Å². The number of rotatable bonds is 9. The summed E-state index contributed by atoms with van der Waals surface area (Å²) >= 11 is 3.40. The highest BCUT2D eigenvalue weighted by molar-refractivity contribution is 9.09. The molecule has 10 heteroatoms. The molecule has 1 heterocycles. The zero-order chi connectivity index (χ0) is 30.9. The van der Waals surface area contributed by atoms with Crippen LogP contribution in [0.25, 0.3) is 0 Å². The van der Waals surface area contributed by atoms with Crippen molar-refractivity contribution in [1.82, 2.24) is 0 Å². The molecule has 0 amide bonds. The van der Waals surface area contributed by atoms with E-state index in [1.54, 1.807) is 121 Å². The number of hydrogen-bond acceptors (Lipinski definition) is 9. The van der Waals surface area contributed by atoms with Gasteiger partial charge in [-0.3, -0.25) is 0 Å². The number of halogens is 1. The van der Waals surface area contributed by atoms with Gasteiger partial charge in [0.05, 0.1) is 22.3 Å². The highest BCUT2D eigenvalue weighted by Gasteiger charge is 2.52. The SMILES string of the molecule is O=C(OCC1OC(Br)C(OC(=O)c2ccccc2)C(OC(=O)c2ccccc2)C1OC(=O)c1ccccc1)c1ccccc1. The number of ether oxygens (including phenoxy) is 5. The highest BCUT2D eigenvalue weighted by atomic mass is 79.9. The lowest BCUT2D eigenvalue weighted by Gasteiger charge is -2.43. The van der Waals surface area contributed by atoms with Crippen LogP contribution in [-0.4, -0.2) is 59.9 Å². The molecule has 1 saturated heterocycles. The standard InChI is InChI=1S/C34H27BrO9/c35-30-29(44-34(39)25-19-11-4-12-20-25)28(43-33(38)24-17-9-3-10-18-24)27(42-32(37)23-15-7-2-8-16-23)26(41-30)21-40-31(36)22-13-5-1-6-14-22/h1-20,26-30H,21H2. The molecule has 0 spiro atoms. The van der Waals surface area contributed by atoms with Crippen LogP contribution in [0.3, 0.4) is 0 Å². The Labute approximate surface area is 261 Å². The average Bonchev–Trinajstić information content (AvgIpc) is 3.07. The number of esters is 4. The quantitative estimate of drug-likeness (QED) is 0.128. The summed E-state index contributed by atoms with van der Waals surface area (Å²) in [4.78, 5) is 52.6. The van der Waals surface area contributed by atoms with Crippen molar-refractivity contribution in [1.29, 1.82) is 0 Å². The van der Waals surface area contributed by atoms with Crippen LogP contribution in [0, 0.1) is 0 Å². The molecule has 0 aromatic heterocycles. The van der Waals surface area contributed by atoms with Gasteiger partial charge in [-0.05, 0) is 48.5 Å². The van der Waals surface area contributed by atoms with E-state index in [2.05, 4.69) is 15.9 Å². The molecular weight excluding hydrogens is 632 g/mol. The summed E-state index contributed by atoms with van der Waals surface area (Å²) in [5, 5.41) is -1.05. The van der Waals surface area contributed by atoms with Gasteiger partial charge in [-0.2, -0.15) is 0 Å². The average molecular weight is 659 g/mol. The van der Waals surface area contributed by atoms with E-state index >= 15 is 0 Å². The lowest BCUT2D eigenvalue weighted by atomic mass is 9.99. The van der Waals surface area contributed by atoms with Crippen molar-refractivity contribution >= 4 is 39.8 Å². The fourth-order valence-corrected chi connectivity index (χ4v) is 5.20. The maximum atomic E-state index is 13.3. The van der Waals surface area contributed by atoms with E-state index in [0.717, 1.165) is 0 Å². The third-order valence-electron chi connectivity index (χ3n) is 6.72. The summed E-state index contributed by atoms with van der Waals surface area (Å²) in [5.74, 6) is -2.85. The fourth-order valence-electron chi connectivity index (χ4n) is 4.51. The van der Waals surface area contributed by atoms with E-state index in [-0.39, 0.29) is 23.3 Å². The molecule has 1 aliphatic rings. The van der Waals surface area contributed by atoms with Crippen molar-refractivity contribution in [3.63, 3.8) is 0 Å². The first-order valence-corrected chi connectivity index (χ1v) is 14.6. The van der Waals surface area contributed by atoms with Gasteiger partial charge >= 0.3 is 23.9 Å². The minimum atomic E-state index is -1.37. The number of carbonyl (C=O) groups is 4. The lowest BCUT2D eigenvalue weighted by Crippen LogP contribution is -2.61. The molecule has 224 valence electrons. The van der Waals surface area contributed by atoms with Crippen molar-refractivity contribution in [3.05, 3.63) is 144 Å². The van der Waals surface area contributed by atoms with Crippen molar-refractivity contribution in [2.75, 3.05) is 6.61 Å². The predicted octanol–water partition coefficient (Wildman–Crippen LogP) is 5.64. The molecule has 4 aromatic carbocycles. The van der Waals surface area contributed by atoms with Gasteiger partial charge in [0.1, 0.15) is 12.7 Å². The van der Waals surface area contributed by atoms with Crippen LogP contribution < -0.4 is 0 Å². The van der Waals surface area contributed by atoms with Gasteiger partial charge in [0.25, 0.3) is 0 Å². The zero-order valence-electron chi connectivity index (χ0n) is 23.2. The van der Waals surface area contributed by atoms with Gasteiger partial charge in [0.15, 0.2) is 23.3 Å². The monoisotopic (exact) mass is 658 g/mol. The van der Waals surface area contributed by atoms with Gasteiger partial charge in [0.2, 0.25) is 0 Å². The normalized spacial score (nSPS) is 21.0. The Morgan fingerprint density at radius 3 is 1.25 bits per heavy atom. The van der Waals surface area contributed by atoms with E-state index in [0.29, 0.717) is 5.56 Å². The first-order valence-electron chi connectivity index (χ1n) is 13.7. The van der Waals surface area contributed by atoms with Crippen LogP contribution in [0.4, 0.5) is 0 Å². The minimum absolute atomic E-state index is 0.221. The van der Waals surface area contributed by atoms with Crippen LogP contribution in [-0.2, 0) is 23.7 Å². The molecule has 5 rings (SSSR count). The van der Waals surface area contributed by atoms with Crippen molar-refractivity contribution in [3.8, 4) is 0 Å². The van der Waals surface area contributed by atoms with Crippen LogP contribution in [0.15, 0.2) is 121 Å². The van der Waals surface area contributed by atoms with Crippen LogP contribution in [0.5, 0.6) is 0 Å². The smallest absolute Gasteiger partial charge is 0.338 e. The molecule has 5 unspecified atom stereocenters. The molecular formula is C34H27BrO9. The number of hydrogen-bond donors (Lipinski definition) is 0. The molecule has 0 N–H and O–H groups in total. The van der Waals surface area contributed by atoms with Gasteiger partial charge in [0, 0.05) is 0 Å². The molecule has 9 nitrogen and oxygen atoms in total. The Morgan fingerprint density at radius 1 is 0.500 bits per heavy atom. The third kappa shape index (κ3) is 7.58. The number of carbonyl (C=O) groups excluding carboxylic acids is 4. The molecule has 0 aliphatic carbocycles. The van der Waals surface area contributed by atoms with E-state index in [1.165, 1.54) is 0 Å². The van der Waals surface area contributed by atoms with Crippen molar-refractivity contribution in [2.24, 2.45) is 0 Å². The number of alkyl halides is 1. The molecule has 1 aliphatic heterocycles. The van der Waals surface area contributed by atoms with Gasteiger partial charge in [-0.15, -0.1) is 0 Å². The fraction of sp³-hybridized carbons (Fsp3) is 0.176. The summed E-state index contributed by atoms with van der Waals surface area (Å²) in [6.45, 7) is -0.374. The molecule has 5 atom stereocenters. The van der Waals surface area contributed by atoms with E-state index in [9.17, 15) is 19.2 Å². The van der Waals surface area contributed by atoms with Crippen LogP contribution >= 0.6 is 15.9 Å². The highest BCUT2D eigenvalue weighted by Crippen LogP contribution is 2.33. The molecule has 44 heavy (non-hydrogen) atoms. The minimum Gasteiger partial charge on any atom is -0.459 e. The molecule has 1 fully saturated rings. The van der Waals surface area contributed by atoms with E-state index < -0.39 is 53.3 Å². The summed E-state index contributed by atoms with van der Waals surface area (Å²) < 4.78 is 29.3. The number of benzene rings is 4. The largest absolute Gasteiger partial charge is 0.459 e. The second-order valence-electron chi connectivity index (χ2n) is 9.70. The topological polar surface area (TPSA) is 114 Å². The zero-order valence-corrected chi connectivity index (χ0v) is 24.8. The Hall–Kier alpha value is -4.80. The van der Waals surface area contributed by atoms with Gasteiger partial charge in [-0.25, -0.2) is 19.2 Å². The second-order valence-corrected chi connectivity index (χ2v) is 10.6. The maximum Gasteiger partial charge on any atom is 0.338 e. The Bertz CT molecular complexity index is 1570. The second kappa shape index (κ2) is 14.6. The van der Waals surface area contributed by atoms with Gasteiger partial charge < -0.3 is 23.7 Å². The summed E-state index contributed by atoms with van der Waals surface area (Å²) in [6.07, 6.45) is -5.13. The van der Waals surface area contributed by atoms with Crippen molar-refractivity contribution in [2.45, 2.75) is 29.4 Å². The molecule has 0 saturated carbocycles. The van der Waals surface area contributed by atoms with Crippen LogP contribution in [0.1, 0.15) is 41.4 Å². The Kier molecular flexibility index (Phi) is 10.2. The molecule has 0 bridgehead atoms.